The quantitative estimate of drug-likeness (QED) is 0.553. The molecule has 0 radical (unpaired) electrons. The molecule has 1 aliphatic carbocycles. The molecule has 0 unspecified atom stereocenters. The second-order valence-corrected chi connectivity index (χ2v) is 9.75. The molecule has 150 valence electrons. The van der Waals surface area contributed by atoms with Crippen LogP contribution in [-0.2, 0) is 14.3 Å². The van der Waals surface area contributed by atoms with Crippen molar-refractivity contribution in [3.05, 3.63) is 35.4 Å². The topological polar surface area (TPSA) is 63.7 Å². The molecule has 2 atom stereocenters. The largest absolute Gasteiger partial charge is 0.456 e. The summed E-state index contributed by atoms with van der Waals surface area (Å²) >= 11 is 1.62. The number of thioether (sulfide) groups is 1. The van der Waals surface area contributed by atoms with Crippen LogP contribution in [0.5, 0.6) is 0 Å². The zero-order valence-corrected chi connectivity index (χ0v) is 17.1. The van der Waals surface area contributed by atoms with Gasteiger partial charge in [0.05, 0.1) is 4.87 Å². The Morgan fingerprint density at radius 1 is 1.18 bits per heavy atom. The van der Waals surface area contributed by atoms with E-state index < -0.39 is 12.0 Å². The van der Waals surface area contributed by atoms with Crippen molar-refractivity contribution in [3.8, 4) is 0 Å². The molecule has 3 fully saturated rings. The summed E-state index contributed by atoms with van der Waals surface area (Å²) in [6.45, 7) is 1.72. The van der Waals surface area contributed by atoms with Crippen LogP contribution in [0.2, 0.25) is 0 Å². The first-order valence-corrected chi connectivity index (χ1v) is 11.2. The number of carbonyl (C=O) groups is 3. The number of fused-ring (bicyclic) bond motifs is 1. The number of nitrogens with zero attached hydrogens (tertiary/aromatic N) is 1. The Bertz CT molecular complexity index is 771. The van der Waals surface area contributed by atoms with E-state index in [2.05, 4.69) is 0 Å². The van der Waals surface area contributed by atoms with Crippen molar-refractivity contribution in [2.45, 2.75) is 68.7 Å². The summed E-state index contributed by atoms with van der Waals surface area (Å²) in [5.74, 6) is 0.455. The lowest BCUT2D eigenvalue weighted by atomic mass is 9.84. The third-order valence-corrected chi connectivity index (χ3v) is 7.88. The first-order chi connectivity index (χ1) is 13.5. The summed E-state index contributed by atoms with van der Waals surface area (Å²) in [5.41, 5.74) is 1.86. The van der Waals surface area contributed by atoms with Gasteiger partial charge in [0.2, 0.25) is 5.91 Å². The molecule has 2 heterocycles. The Morgan fingerprint density at radius 2 is 1.89 bits per heavy atom. The molecule has 0 bridgehead atoms. The Balaban J connectivity index is 1.33. The Morgan fingerprint density at radius 3 is 2.61 bits per heavy atom. The minimum atomic E-state index is -0.577. The van der Waals surface area contributed by atoms with Crippen LogP contribution in [0, 0.1) is 0 Å². The summed E-state index contributed by atoms with van der Waals surface area (Å²) in [4.78, 5) is 38.4. The standard InChI is InChI=1S/C22H27NO4S/c1-22-12-11-20(25)23(22)18(14-28-22)21(26)27-13-19(24)17-9-7-16(8-10-17)15-5-3-2-4-6-15/h7-10,15,18H,2-6,11-14H2,1H3/t18-,22+/m1/s1. The molecule has 1 amide bonds. The number of hydrogen-bond acceptors (Lipinski definition) is 5. The Hall–Kier alpha value is -1.82. The van der Waals surface area contributed by atoms with Gasteiger partial charge in [0.15, 0.2) is 12.4 Å². The maximum atomic E-state index is 12.5. The fourth-order valence-corrected chi connectivity index (χ4v) is 6.11. The monoisotopic (exact) mass is 401 g/mol. The van der Waals surface area contributed by atoms with Gasteiger partial charge in [-0.25, -0.2) is 4.79 Å². The molecule has 0 aromatic heterocycles. The van der Waals surface area contributed by atoms with Gasteiger partial charge in [0.1, 0.15) is 6.04 Å². The fourth-order valence-electron chi connectivity index (χ4n) is 4.69. The first kappa shape index (κ1) is 19.5. The van der Waals surface area contributed by atoms with Gasteiger partial charge in [-0.3, -0.25) is 9.59 Å². The van der Waals surface area contributed by atoms with Gasteiger partial charge in [-0.15, -0.1) is 11.8 Å². The van der Waals surface area contributed by atoms with E-state index in [1.807, 2.05) is 31.2 Å². The SMILES string of the molecule is C[C@]12CCC(=O)N1[C@@H](C(=O)OCC(=O)c1ccc(C3CCCCC3)cc1)CS2. The van der Waals surface area contributed by atoms with Crippen LogP contribution in [0.1, 0.15) is 73.7 Å². The van der Waals surface area contributed by atoms with E-state index in [1.165, 1.54) is 37.7 Å². The number of amides is 1. The van der Waals surface area contributed by atoms with Crippen LogP contribution in [0.15, 0.2) is 24.3 Å². The lowest BCUT2D eigenvalue weighted by Crippen LogP contribution is -2.46. The van der Waals surface area contributed by atoms with Gasteiger partial charge >= 0.3 is 5.97 Å². The molecule has 3 aliphatic rings. The molecule has 5 nitrogen and oxygen atoms in total. The molecule has 0 N–H and O–H groups in total. The highest BCUT2D eigenvalue weighted by Gasteiger charge is 2.53. The Kier molecular flexibility index (Phi) is 5.50. The minimum Gasteiger partial charge on any atom is -0.456 e. The van der Waals surface area contributed by atoms with E-state index in [9.17, 15) is 14.4 Å². The smallest absolute Gasteiger partial charge is 0.330 e. The highest BCUT2D eigenvalue weighted by Crippen LogP contribution is 2.47. The van der Waals surface area contributed by atoms with Crippen LogP contribution < -0.4 is 0 Å². The predicted molar refractivity (Wildman–Crippen MR) is 108 cm³/mol. The maximum absolute atomic E-state index is 12.5. The second-order valence-electron chi connectivity index (χ2n) is 8.25. The number of Topliss-reactive ketones (excluding diaryl/α,β-unsaturated/α-hetero) is 1. The summed E-state index contributed by atoms with van der Waals surface area (Å²) in [6, 6.07) is 7.17. The average Bonchev–Trinajstić information content (AvgIpc) is 3.22. The van der Waals surface area contributed by atoms with Crippen LogP contribution in [0.3, 0.4) is 0 Å². The van der Waals surface area contributed by atoms with E-state index in [1.54, 1.807) is 16.7 Å². The molecule has 1 aromatic rings. The summed E-state index contributed by atoms with van der Waals surface area (Å²) in [6.07, 6.45) is 7.54. The predicted octanol–water partition coefficient (Wildman–Crippen LogP) is 3.91. The molecule has 1 aromatic carbocycles. The lowest BCUT2D eigenvalue weighted by Gasteiger charge is -2.29. The van der Waals surface area contributed by atoms with Crippen molar-refractivity contribution in [1.29, 1.82) is 0 Å². The van der Waals surface area contributed by atoms with Crippen molar-refractivity contribution >= 4 is 29.4 Å². The minimum absolute atomic E-state index is 0.000854. The van der Waals surface area contributed by atoms with Gasteiger partial charge < -0.3 is 9.64 Å². The molecule has 2 saturated heterocycles. The van der Waals surface area contributed by atoms with Gasteiger partial charge in [-0.1, -0.05) is 43.5 Å². The maximum Gasteiger partial charge on any atom is 0.330 e. The number of esters is 1. The number of ether oxygens (including phenoxy) is 1. The van der Waals surface area contributed by atoms with E-state index in [0.717, 1.165) is 6.42 Å². The highest BCUT2D eigenvalue weighted by atomic mass is 32.2. The van der Waals surface area contributed by atoms with E-state index in [-0.39, 0.29) is 23.2 Å². The molecular weight excluding hydrogens is 374 g/mol. The van der Waals surface area contributed by atoms with Gasteiger partial charge in [-0.2, -0.15) is 0 Å². The lowest BCUT2D eigenvalue weighted by molar-refractivity contribution is -0.152. The van der Waals surface area contributed by atoms with E-state index >= 15 is 0 Å². The average molecular weight is 402 g/mol. The third-order valence-electron chi connectivity index (χ3n) is 6.37. The molecule has 0 spiro atoms. The van der Waals surface area contributed by atoms with Crippen LogP contribution in [0.4, 0.5) is 0 Å². The van der Waals surface area contributed by atoms with Crippen LogP contribution in [0.25, 0.3) is 0 Å². The van der Waals surface area contributed by atoms with Crippen molar-refractivity contribution in [3.63, 3.8) is 0 Å². The number of ketones is 1. The molecule has 28 heavy (non-hydrogen) atoms. The van der Waals surface area contributed by atoms with Crippen LogP contribution >= 0.6 is 11.8 Å². The fraction of sp³-hybridized carbons (Fsp3) is 0.591. The van der Waals surface area contributed by atoms with Crippen molar-refractivity contribution in [1.82, 2.24) is 4.90 Å². The number of rotatable bonds is 5. The van der Waals surface area contributed by atoms with Gasteiger partial charge in [-0.05, 0) is 37.7 Å². The molecule has 1 saturated carbocycles. The van der Waals surface area contributed by atoms with E-state index in [0.29, 0.717) is 23.7 Å². The normalized spacial score (nSPS) is 27.7. The van der Waals surface area contributed by atoms with Gasteiger partial charge in [0.25, 0.3) is 0 Å². The zero-order valence-electron chi connectivity index (χ0n) is 16.3. The summed E-state index contributed by atoms with van der Waals surface area (Å²) in [5, 5.41) is 0. The first-order valence-electron chi connectivity index (χ1n) is 10.2. The highest BCUT2D eigenvalue weighted by molar-refractivity contribution is 8.01. The number of benzene rings is 1. The van der Waals surface area contributed by atoms with Crippen molar-refractivity contribution in [2.75, 3.05) is 12.4 Å². The third kappa shape index (κ3) is 3.71. The molecule has 2 aliphatic heterocycles. The Labute approximate surface area is 170 Å². The summed E-state index contributed by atoms with van der Waals surface area (Å²) in [7, 11) is 0. The van der Waals surface area contributed by atoms with Crippen molar-refractivity contribution in [2.24, 2.45) is 0 Å². The van der Waals surface area contributed by atoms with E-state index in [4.69, 9.17) is 4.74 Å². The second kappa shape index (κ2) is 7.90. The summed E-state index contributed by atoms with van der Waals surface area (Å²) < 4.78 is 5.29. The number of hydrogen-bond donors (Lipinski definition) is 0. The molecule has 6 heteroatoms. The van der Waals surface area contributed by atoms with Gasteiger partial charge in [0, 0.05) is 17.7 Å². The number of carbonyl (C=O) groups excluding carboxylic acids is 3. The molecule has 4 rings (SSSR count). The van der Waals surface area contributed by atoms with Crippen molar-refractivity contribution < 1.29 is 19.1 Å². The molecular formula is C22H27NO4S. The van der Waals surface area contributed by atoms with Crippen LogP contribution in [-0.4, -0.2) is 45.8 Å². The zero-order chi connectivity index (χ0) is 19.7.